The third kappa shape index (κ3) is 4.69. The summed E-state index contributed by atoms with van der Waals surface area (Å²) in [5, 5.41) is 9.97. The average molecular weight is 458 g/mol. The highest BCUT2D eigenvalue weighted by Gasteiger charge is 2.24. The fourth-order valence-electron chi connectivity index (χ4n) is 4.07. The molecule has 0 saturated carbocycles. The van der Waals surface area contributed by atoms with E-state index in [1.807, 2.05) is 61.5 Å². The van der Waals surface area contributed by atoms with E-state index in [4.69, 9.17) is 0 Å². The second-order valence-corrected chi connectivity index (χ2v) is 9.73. The van der Waals surface area contributed by atoms with Crippen LogP contribution >= 0.6 is 11.3 Å². The van der Waals surface area contributed by atoms with Gasteiger partial charge in [-0.25, -0.2) is 0 Å². The number of likely N-dealkylation sites (tertiary alicyclic amines) is 1. The number of hydrogen-bond acceptors (Lipinski definition) is 4. The molecule has 1 aliphatic heterocycles. The lowest BCUT2D eigenvalue weighted by Crippen LogP contribution is -2.35. The first-order chi connectivity index (χ1) is 15.9. The second-order valence-electron chi connectivity index (χ2n) is 8.70. The molecule has 0 atom stereocenters. The maximum atomic E-state index is 13.6. The molecule has 2 heterocycles. The molecule has 1 aromatic heterocycles. The molecular weight excluding hydrogens is 430 g/mol. The van der Waals surface area contributed by atoms with Gasteiger partial charge in [0.25, 0.3) is 11.5 Å². The molecule has 1 aliphatic rings. The van der Waals surface area contributed by atoms with Crippen LogP contribution in [0, 0.1) is 18.3 Å². The minimum Gasteiger partial charge on any atom is -0.338 e. The number of nitrogens with zero attached hydrogens (tertiary/aromatic N) is 3. The van der Waals surface area contributed by atoms with E-state index < -0.39 is 0 Å². The Kier molecular flexibility index (Phi) is 6.62. The van der Waals surface area contributed by atoms with Crippen LogP contribution in [0.4, 0.5) is 0 Å². The minimum absolute atomic E-state index is 0.0239. The molecule has 1 fully saturated rings. The number of rotatable bonds is 4. The Hall–Kier alpha value is -3.43. The zero-order chi connectivity index (χ0) is 23.5. The molecule has 0 bridgehead atoms. The Morgan fingerprint density at radius 3 is 2.42 bits per heavy atom. The average Bonchev–Trinajstić information content (AvgIpc) is 3.44. The smallest absolute Gasteiger partial charge is 0.273 e. The van der Waals surface area contributed by atoms with Crippen LogP contribution in [0.5, 0.6) is 0 Å². The first-order valence-corrected chi connectivity index (χ1v) is 12.0. The molecule has 3 aromatic rings. The molecule has 6 heteroatoms. The molecule has 1 saturated heterocycles. The molecule has 0 aliphatic carbocycles. The van der Waals surface area contributed by atoms with Gasteiger partial charge in [0.05, 0.1) is 10.2 Å². The van der Waals surface area contributed by atoms with Crippen molar-refractivity contribution in [3.05, 3.63) is 84.8 Å². The highest BCUT2D eigenvalue weighted by atomic mass is 32.1. The summed E-state index contributed by atoms with van der Waals surface area (Å²) in [6.07, 6.45) is 3.70. The number of amides is 1. The van der Waals surface area contributed by atoms with Crippen LogP contribution in [0.3, 0.4) is 0 Å². The van der Waals surface area contributed by atoms with Crippen LogP contribution in [0.2, 0.25) is 0 Å². The van der Waals surface area contributed by atoms with Gasteiger partial charge in [0.15, 0.2) is 5.57 Å². The zero-order valence-corrected chi connectivity index (χ0v) is 20.0. The Bertz CT molecular complexity index is 1400. The summed E-state index contributed by atoms with van der Waals surface area (Å²) in [5.74, 6) is 0.0619. The normalized spacial score (nSPS) is 15.1. The topological polar surface area (TPSA) is 66.1 Å². The van der Waals surface area contributed by atoms with E-state index in [-0.39, 0.29) is 17.0 Å². The largest absolute Gasteiger partial charge is 0.338 e. The van der Waals surface area contributed by atoms with Crippen LogP contribution < -0.4 is 14.8 Å². The highest BCUT2D eigenvalue weighted by Crippen LogP contribution is 2.16. The molecule has 2 aromatic carbocycles. The van der Waals surface area contributed by atoms with Crippen molar-refractivity contribution in [2.24, 2.45) is 0 Å². The van der Waals surface area contributed by atoms with Crippen molar-refractivity contribution in [1.29, 1.82) is 5.26 Å². The van der Waals surface area contributed by atoms with Gasteiger partial charge in [0.2, 0.25) is 0 Å². The van der Waals surface area contributed by atoms with Gasteiger partial charge < -0.3 is 4.90 Å². The first kappa shape index (κ1) is 22.8. The van der Waals surface area contributed by atoms with E-state index in [1.165, 1.54) is 15.9 Å². The van der Waals surface area contributed by atoms with Crippen LogP contribution in [-0.4, -0.2) is 28.5 Å². The van der Waals surface area contributed by atoms with Crippen LogP contribution in [0.25, 0.3) is 17.3 Å². The highest BCUT2D eigenvalue weighted by molar-refractivity contribution is 7.07. The summed E-state index contributed by atoms with van der Waals surface area (Å²) >= 11 is 1.20. The van der Waals surface area contributed by atoms with E-state index in [0.717, 1.165) is 29.5 Å². The summed E-state index contributed by atoms with van der Waals surface area (Å²) in [6, 6.07) is 17.8. The Morgan fingerprint density at radius 2 is 1.82 bits per heavy atom. The summed E-state index contributed by atoms with van der Waals surface area (Å²) in [7, 11) is 0. The number of aryl methyl sites for hydroxylation is 1. The van der Waals surface area contributed by atoms with Crippen molar-refractivity contribution < 1.29 is 4.79 Å². The molecular formula is C27H27N3O2S. The monoisotopic (exact) mass is 457 g/mol. The van der Waals surface area contributed by atoms with Gasteiger partial charge in [-0.1, -0.05) is 55.8 Å². The molecule has 0 N–H and O–H groups in total. The Balaban J connectivity index is 1.99. The van der Waals surface area contributed by atoms with E-state index in [0.29, 0.717) is 33.9 Å². The van der Waals surface area contributed by atoms with Gasteiger partial charge in [-0.15, -0.1) is 11.3 Å². The maximum Gasteiger partial charge on any atom is 0.273 e. The summed E-state index contributed by atoms with van der Waals surface area (Å²) < 4.78 is 2.39. The number of aromatic nitrogens is 1. The molecule has 1 amide bonds. The number of hydrogen-bond donors (Lipinski definition) is 0. The van der Waals surface area contributed by atoms with Crippen molar-refractivity contribution in [2.45, 2.75) is 39.5 Å². The summed E-state index contributed by atoms with van der Waals surface area (Å²) in [5.41, 5.74) is 3.62. The lowest BCUT2D eigenvalue weighted by molar-refractivity contribution is -0.123. The van der Waals surface area contributed by atoms with Crippen molar-refractivity contribution in [3.8, 4) is 11.8 Å². The van der Waals surface area contributed by atoms with Crippen LogP contribution in [0.15, 0.2) is 53.3 Å². The third-order valence-corrected chi connectivity index (χ3v) is 7.01. The van der Waals surface area contributed by atoms with Gasteiger partial charge >= 0.3 is 0 Å². The number of benzene rings is 2. The lowest BCUT2D eigenvalue weighted by atomic mass is 10.0. The van der Waals surface area contributed by atoms with Gasteiger partial charge in [-0.3, -0.25) is 14.2 Å². The number of carbonyl (C=O) groups is 1. The Morgan fingerprint density at radius 1 is 1.12 bits per heavy atom. The van der Waals surface area contributed by atoms with Gasteiger partial charge in [0, 0.05) is 13.1 Å². The molecule has 33 heavy (non-hydrogen) atoms. The predicted molar refractivity (Wildman–Crippen MR) is 133 cm³/mol. The maximum absolute atomic E-state index is 13.6. The standard InChI is InChI=1S/C27H27N3O2S/c1-18(2)21-9-11-22(12-10-21)30-26(32)24(16-20-8-6-7-19(3)15-20)33-27(30)23(17-28)25(31)29-13-4-5-14-29/h6-12,15-16,18H,4-5,13-14H2,1-3H3/b24-16+,27-23-. The third-order valence-electron chi connectivity index (χ3n) is 5.91. The summed E-state index contributed by atoms with van der Waals surface area (Å²) in [6.45, 7) is 7.52. The predicted octanol–water partition coefficient (Wildman–Crippen LogP) is 3.46. The van der Waals surface area contributed by atoms with Crippen molar-refractivity contribution >= 4 is 28.9 Å². The SMILES string of the molecule is Cc1cccc(/C=c2/s/c(=C(/C#N)C(=O)N3CCCC3)n(-c3ccc(C(C)C)cc3)c2=O)c1. The first-order valence-electron chi connectivity index (χ1n) is 11.2. The fourth-order valence-corrected chi connectivity index (χ4v) is 5.17. The van der Waals surface area contributed by atoms with Gasteiger partial charge in [-0.05, 0) is 55.0 Å². The Labute approximate surface area is 197 Å². The summed E-state index contributed by atoms with van der Waals surface area (Å²) in [4.78, 5) is 28.4. The van der Waals surface area contributed by atoms with Crippen molar-refractivity contribution in [1.82, 2.24) is 9.47 Å². The van der Waals surface area contributed by atoms with E-state index in [9.17, 15) is 14.9 Å². The van der Waals surface area contributed by atoms with Crippen molar-refractivity contribution in [3.63, 3.8) is 0 Å². The number of carbonyl (C=O) groups excluding carboxylic acids is 1. The number of thiazole rings is 1. The molecule has 0 spiro atoms. The zero-order valence-electron chi connectivity index (χ0n) is 19.2. The van der Waals surface area contributed by atoms with E-state index >= 15 is 0 Å². The molecule has 0 unspecified atom stereocenters. The van der Waals surface area contributed by atoms with Crippen LogP contribution in [-0.2, 0) is 4.79 Å². The lowest BCUT2D eigenvalue weighted by Gasteiger charge is -2.14. The van der Waals surface area contributed by atoms with Crippen molar-refractivity contribution in [2.75, 3.05) is 13.1 Å². The van der Waals surface area contributed by atoms with E-state index in [2.05, 4.69) is 19.9 Å². The molecule has 5 nitrogen and oxygen atoms in total. The van der Waals surface area contributed by atoms with Gasteiger partial charge in [-0.2, -0.15) is 5.26 Å². The van der Waals surface area contributed by atoms with Gasteiger partial charge in [0.1, 0.15) is 10.7 Å². The second kappa shape index (κ2) is 9.60. The fraction of sp³-hybridized carbons (Fsp3) is 0.296. The molecule has 0 radical (unpaired) electrons. The molecule has 168 valence electrons. The van der Waals surface area contributed by atoms with Crippen LogP contribution in [0.1, 0.15) is 49.3 Å². The minimum atomic E-state index is -0.300. The quantitative estimate of drug-likeness (QED) is 0.603. The number of nitriles is 1. The van der Waals surface area contributed by atoms with E-state index in [1.54, 1.807) is 4.90 Å². The molecule has 4 rings (SSSR count).